The minimum absolute atomic E-state index is 0.00113. The first-order valence-corrected chi connectivity index (χ1v) is 8.42. The Morgan fingerprint density at radius 1 is 1.50 bits per heavy atom. The van der Waals surface area contributed by atoms with Crippen molar-refractivity contribution >= 4 is 29.1 Å². The number of piperidine rings is 1. The van der Waals surface area contributed by atoms with Crippen LogP contribution in [-0.4, -0.2) is 53.8 Å². The number of rotatable bonds is 2. The molecule has 0 radical (unpaired) electrons. The molecule has 1 saturated heterocycles. The zero-order chi connectivity index (χ0) is 15.7. The maximum absolute atomic E-state index is 12.5. The van der Waals surface area contributed by atoms with Crippen molar-refractivity contribution in [1.29, 1.82) is 0 Å². The maximum Gasteiger partial charge on any atom is 0.254 e. The topological polar surface area (TPSA) is 79.0 Å². The van der Waals surface area contributed by atoms with Crippen molar-refractivity contribution < 1.29 is 9.59 Å². The lowest BCUT2D eigenvalue weighted by molar-refractivity contribution is -0.127. The van der Waals surface area contributed by atoms with Crippen LogP contribution >= 0.6 is 11.3 Å². The first-order chi connectivity index (χ1) is 10.6. The molecule has 3 heterocycles. The van der Waals surface area contributed by atoms with Gasteiger partial charge in [0.1, 0.15) is 0 Å². The molecule has 2 amide bonds. The number of carbonyl (C=O) groups excluding carboxylic acids is 2. The van der Waals surface area contributed by atoms with Gasteiger partial charge in [0.15, 0.2) is 5.96 Å². The predicted octanol–water partition coefficient (Wildman–Crippen LogP) is 1.15. The van der Waals surface area contributed by atoms with Crippen molar-refractivity contribution in [2.75, 3.05) is 20.1 Å². The van der Waals surface area contributed by atoms with Gasteiger partial charge in [0.25, 0.3) is 5.91 Å². The summed E-state index contributed by atoms with van der Waals surface area (Å²) in [5.41, 5.74) is 6.56. The summed E-state index contributed by atoms with van der Waals surface area (Å²) in [4.78, 5) is 32.1. The molecular weight excluding hydrogens is 300 g/mol. The third kappa shape index (κ3) is 2.85. The molecule has 1 aromatic rings. The van der Waals surface area contributed by atoms with Gasteiger partial charge >= 0.3 is 0 Å². The Bertz CT molecular complexity index is 599. The highest BCUT2D eigenvalue weighted by molar-refractivity contribution is 7.08. The quantitative estimate of drug-likeness (QED) is 0.887. The number of likely N-dealkylation sites (tertiary alicyclic amines) is 1. The van der Waals surface area contributed by atoms with E-state index in [4.69, 9.17) is 5.73 Å². The summed E-state index contributed by atoms with van der Waals surface area (Å²) in [7, 11) is 1.64. The third-order valence-corrected chi connectivity index (χ3v) is 5.14. The highest BCUT2D eigenvalue weighted by Crippen LogP contribution is 2.27. The van der Waals surface area contributed by atoms with Crippen molar-refractivity contribution in [1.82, 2.24) is 9.80 Å². The van der Waals surface area contributed by atoms with Gasteiger partial charge in [-0.15, -0.1) is 0 Å². The number of thiophene rings is 1. The number of carbonyl (C=O) groups is 2. The summed E-state index contributed by atoms with van der Waals surface area (Å²) in [5.74, 6) is 0.552. The summed E-state index contributed by atoms with van der Waals surface area (Å²) in [6, 6.07) is 1.74. The van der Waals surface area contributed by atoms with E-state index in [1.54, 1.807) is 7.05 Å². The fourth-order valence-corrected chi connectivity index (χ4v) is 3.72. The molecule has 3 rings (SSSR count). The molecular formula is C15H20N4O2S. The normalized spacial score (nSPS) is 26.0. The lowest BCUT2D eigenvalue weighted by atomic mass is 9.88. The third-order valence-electron chi connectivity index (χ3n) is 4.46. The Kier molecular flexibility index (Phi) is 4.15. The molecule has 2 aliphatic heterocycles. The number of aliphatic imine (C=N–C) groups is 1. The van der Waals surface area contributed by atoms with E-state index in [2.05, 4.69) is 4.99 Å². The Balaban J connectivity index is 1.71. The molecule has 0 aliphatic carbocycles. The minimum atomic E-state index is -0.109. The summed E-state index contributed by atoms with van der Waals surface area (Å²) in [6.07, 6.45) is 2.30. The van der Waals surface area contributed by atoms with E-state index in [0.717, 1.165) is 24.9 Å². The monoisotopic (exact) mass is 320 g/mol. The van der Waals surface area contributed by atoms with Crippen molar-refractivity contribution in [2.24, 2.45) is 16.6 Å². The molecule has 1 fully saturated rings. The van der Waals surface area contributed by atoms with Crippen LogP contribution in [0.1, 0.15) is 29.6 Å². The average molecular weight is 320 g/mol. The van der Waals surface area contributed by atoms with Gasteiger partial charge in [-0.25, -0.2) is 4.99 Å². The molecule has 6 nitrogen and oxygen atoms in total. The van der Waals surface area contributed by atoms with E-state index >= 15 is 0 Å². The van der Waals surface area contributed by atoms with E-state index in [1.165, 1.54) is 16.2 Å². The van der Waals surface area contributed by atoms with Gasteiger partial charge < -0.3 is 10.6 Å². The number of nitrogens with zero attached hydrogens (tertiary/aromatic N) is 3. The Morgan fingerprint density at radius 2 is 2.32 bits per heavy atom. The average Bonchev–Trinajstić information content (AvgIpc) is 3.06. The Labute approximate surface area is 133 Å². The standard InChI is InChI=1S/C15H20N4O2S/c1-18-13(20)7-12(17-15(18)16)10-3-2-5-19(8-10)14(21)11-4-6-22-9-11/h4,6,9-10,12H,2-3,5,7-8H2,1H3,(H2,16,17). The van der Waals surface area contributed by atoms with Crippen LogP contribution in [0.15, 0.2) is 21.8 Å². The summed E-state index contributed by atoms with van der Waals surface area (Å²) in [6.45, 7) is 1.41. The molecule has 118 valence electrons. The van der Waals surface area contributed by atoms with Crippen LogP contribution in [0.4, 0.5) is 0 Å². The van der Waals surface area contributed by atoms with E-state index in [-0.39, 0.29) is 29.7 Å². The van der Waals surface area contributed by atoms with Gasteiger partial charge in [0, 0.05) is 25.5 Å². The summed E-state index contributed by atoms with van der Waals surface area (Å²) in [5, 5.41) is 3.79. The van der Waals surface area contributed by atoms with E-state index in [0.29, 0.717) is 13.0 Å². The van der Waals surface area contributed by atoms with Crippen molar-refractivity contribution in [3.63, 3.8) is 0 Å². The second-order valence-corrected chi connectivity index (χ2v) is 6.66. The predicted molar refractivity (Wildman–Crippen MR) is 85.7 cm³/mol. The van der Waals surface area contributed by atoms with Crippen LogP contribution < -0.4 is 5.73 Å². The van der Waals surface area contributed by atoms with Gasteiger partial charge in [-0.05, 0) is 30.2 Å². The van der Waals surface area contributed by atoms with Gasteiger partial charge in [0.2, 0.25) is 5.91 Å². The molecule has 0 saturated carbocycles. The first-order valence-electron chi connectivity index (χ1n) is 7.47. The summed E-state index contributed by atoms with van der Waals surface area (Å²) < 4.78 is 0. The van der Waals surface area contributed by atoms with Crippen LogP contribution in [-0.2, 0) is 4.79 Å². The van der Waals surface area contributed by atoms with Crippen LogP contribution in [0.5, 0.6) is 0 Å². The Morgan fingerprint density at radius 3 is 3.00 bits per heavy atom. The molecule has 2 unspecified atom stereocenters. The van der Waals surface area contributed by atoms with Crippen molar-refractivity contribution in [2.45, 2.75) is 25.3 Å². The first kappa shape index (κ1) is 15.0. The molecule has 2 N–H and O–H groups in total. The van der Waals surface area contributed by atoms with Crippen LogP contribution in [0.3, 0.4) is 0 Å². The zero-order valence-corrected chi connectivity index (χ0v) is 13.4. The largest absolute Gasteiger partial charge is 0.369 e. The fraction of sp³-hybridized carbons (Fsp3) is 0.533. The van der Waals surface area contributed by atoms with Crippen molar-refractivity contribution in [3.8, 4) is 0 Å². The molecule has 7 heteroatoms. The maximum atomic E-state index is 12.5. The van der Waals surface area contributed by atoms with E-state index in [9.17, 15) is 9.59 Å². The summed E-state index contributed by atoms with van der Waals surface area (Å²) >= 11 is 1.53. The molecule has 1 aromatic heterocycles. The van der Waals surface area contributed by atoms with E-state index in [1.807, 2.05) is 21.7 Å². The number of guanidine groups is 1. The lowest BCUT2D eigenvalue weighted by Crippen LogP contribution is -2.49. The second-order valence-electron chi connectivity index (χ2n) is 5.88. The fourth-order valence-electron chi connectivity index (χ4n) is 3.10. The van der Waals surface area contributed by atoms with Gasteiger partial charge in [-0.2, -0.15) is 11.3 Å². The van der Waals surface area contributed by atoms with Crippen LogP contribution in [0.2, 0.25) is 0 Å². The molecule has 2 aliphatic rings. The van der Waals surface area contributed by atoms with Gasteiger partial charge in [-0.1, -0.05) is 0 Å². The van der Waals surface area contributed by atoms with Crippen molar-refractivity contribution in [3.05, 3.63) is 22.4 Å². The molecule has 0 aromatic carbocycles. The number of amides is 2. The number of nitrogens with two attached hydrogens (primary N) is 1. The van der Waals surface area contributed by atoms with Gasteiger partial charge in [-0.3, -0.25) is 14.5 Å². The van der Waals surface area contributed by atoms with E-state index < -0.39 is 0 Å². The van der Waals surface area contributed by atoms with Gasteiger partial charge in [0.05, 0.1) is 18.0 Å². The smallest absolute Gasteiger partial charge is 0.254 e. The highest BCUT2D eigenvalue weighted by Gasteiger charge is 2.34. The minimum Gasteiger partial charge on any atom is -0.369 e. The lowest BCUT2D eigenvalue weighted by Gasteiger charge is -2.37. The Hall–Kier alpha value is -1.89. The molecule has 2 atom stereocenters. The molecule has 22 heavy (non-hydrogen) atoms. The van der Waals surface area contributed by atoms with Crippen LogP contribution in [0, 0.1) is 5.92 Å². The molecule has 0 bridgehead atoms. The SMILES string of the molecule is CN1C(=O)CC(C2CCCN(C(=O)c3ccsc3)C2)N=C1N. The second kappa shape index (κ2) is 6.08. The number of hydrogen-bond donors (Lipinski definition) is 1. The van der Waals surface area contributed by atoms with Crippen LogP contribution in [0.25, 0.3) is 0 Å². The molecule has 0 spiro atoms. The highest BCUT2D eigenvalue weighted by atomic mass is 32.1. The number of hydrogen-bond acceptors (Lipinski definition) is 5. The zero-order valence-electron chi connectivity index (χ0n) is 12.6.